The Morgan fingerprint density at radius 1 is 0.897 bits per heavy atom. The summed E-state index contributed by atoms with van der Waals surface area (Å²) in [5.41, 5.74) is 2.26. The molecule has 0 bridgehead atoms. The molecule has 1 aromatic heterocycles. The number of amides is 1. The highest BCUT2D eigenvalue weighted by Gasteiger charge is 2.24. The minimum absolute atomic E-state index is 0.0420. The number of sulfonamides is 1. The summed E-state index contributed by atoms with van der Waals surface area (Å²) in [6.07, 6.45) is -1.23. The zero-order valence-electron chi connectivity index (χ0n) is 21.8. The van der Waals surface area contributed by atoms with Gasteiger partial charge in [-0.05, 0) is 69.3 Å². The number of hydrogen-bond donors (Lipinski definition) is 2. The third kappa shape index (κ3) is 5.93. The van der Waals surface area contributed by atoms with E-state index in [1.165, 1.54) is 35.9 Å². The summed E-state index contributed by atoms with van der Waals surface area (Å²) in [5.74, 6) is -1.50. The molecule has 0 radical (unpaired) electrons. The molecule has 11 heteroatoms. The van der Waals surface area contributed by atoms with E-state index < -0.39 is 33.6 Å². The Balaban J connectivity index is 1.42. The van der Waals surface area contributed by atoms with Crippen LogP contribution in [0.15, 0.2) is 88.6 Å². The van der Waals surface area contributed by atoms with Gasteiger partial charge >= 0.3 is 5.97 Å². The lowest BCUT2D eigenvalue weighted by Crippen LogP contribution is -2.32. The van der Waals surface area contributed by atoms with Crippen molar-refractivity contribution in [2.45, 2.75) is 31.8 Å². The molecule has 0 aliphatic heterocycles. The molecule has 1 atom stereocenters. The van der Waals surface area contributed by atoms with Gasteiger partial charge in [0.15, 0.2) is 6.10 Å². The number of anilines is 2. The van der Waals surface area contributed by atoms with Crippen molar-refractivity contribution in [1.29, 1.82) is 0 Å². The fourth-order valence-electron chi connectivity index (χ4n) is 3.83. The molecule has 0 aliphatic carbocycles. The molecule has 2 N–H and O–H groups in total. The molecule has 0 saturated heterocycles. The Morgan fingerprint density at radius 2 is 1.51 bits per heavy atom. The number of nitrogens with zero attached hydrogens (tertiary/aromatic N) is 2. The molecule has 1 heterocycles. The number of aryl methyl sites for hydroxylation is 1. The normalized spacial score (nSPS) is 12.0. The van der Waals surface area contributed by atoms with Crippen molar-refractivity contribution in [3.05, 3.63) is 106 Å². The van der Waals surface area contributed by atoms with E-state index in [2.05, 4.69) is 10.0 Å². The largest absolute Gasteiger partial charge is 0.449 e. The molecule has 10 nitrogen and oxygen atoms in total. The highest BCUT2D eigenvalue weighted by atomic mass is 32.2. The Bertz CT molecular complexity index is 1670. The summed E-state index contributed by atoms with van der Waals surface area (Å²) >= 11 is 0. The molecule has 0 aliphatic rings. The summed E-state index contributed by atoms with van der Waals surface area (Å²) in [5, 5.41) is 2.56. The number of nitrogens with one attached hydrogen (secondary N) is 2. The second-order valence-electron chi connectivity index (χ2n) is 8.97. The second-order valence-corrected chi connectivity index (χ2v) is 10.7. The van der Waals surface area contributed by atoms with Crippen molar-refractivity contribution in [2.75, 3.05) is 10.0 Å². The number of para-hydroxylation sites is 1. The van der Waals surface area contributed by atoms with Gasteiger partial charge in [-0.25, -0.2) is 17.9 Å². The van der Waals surface area contributed by atoms with Gasteiger partial charge in [0.1, 0.15) is 5.69 Å². The van der Waals surface area contributed by atoms with Crippen molar-refractivity contribution >= 4 is 33.3 Å². The first-order valence-electron chi connectivity index (χ1n) is 12.0. The van der Waals surface area contributed by atoms with Crippen LogP contribution in [0.3, 0.4) is 0 Å². The maximum absolute atomic E-state index is 13.0. The average Bonchev–Trinajstić information content (AvgIpc) is 3.13. The smallest absolute Gasteiger partial charge is 0.338 e. The zero-order valence-corrected chi connectivity index (χ0v) is 22.7. The second kappa shape index (κ2) is 11.0. The maximum atomic E-state index is 13.0. The van der Waals surface area contributed by atoms with E-state index in [0.29, 0.717) is 17.1 Å². The summed E-state index contributed by atoms with van der Waals surface area (Å²) in [7, 11) is -2.17. The van der Waals surface area contributed by atoms with Crippen molar-refractivity contribution < 1.29 is 22.7 Å². The fraction of sp³-hybridized carbons (Fsp3) is 0.179. The van der Waals surface area contributed by atoms with Crippen molar-refractivity contribution in [2.24, 2.45) is 7.05 Å². The van der Waals surface area contributed by atoms with Gasteiger partial charge in [-0.3, -0.25) is 19.0 Å². The van der Waals surface area contributed by atoms with Crippen molar-refractivity contribution in [3.63, 3.8) is 0 Å². The van der Waals surface area contributed by atoms with Crippen LogP contribution >= 0.6 is 0 Å². The molecular weight excluding hydrogens is 520 g/mol. The Kier molecular flexibility index (Phi) is 7.73. The van der Waals surface area contributed by atoms with E-state index in [1.54, 1.807) is 67.2 Å². The predicted octanol–water partition coefficient (Wildman–Crippen LogP) is 3.78. The van der Waals surface area contributed by atoms with Gasteiger partial charge in [0.05, 0.1) is 21.8 Å². The van der Waals surface area contributed by atoms with Crippen LogP contribution in [-0.2, 0) is 26.6 Å². The van der Waals surface area contributed by atoms with E-state index in [1.807, 2.05) is 13.0 Å². The van der Waals surface area contributed by atoms with Crippen molar-refractivity contribution in [1.82, 2.24) is 9.36 Å². The Hall–Kier alpha value is -4.64. The number of rotatable bonds is 8. The molecule has 1 amide bonds. The monoisotopic (exact) mass is 548 g/mol. The van der Waals surface area contributed by atoms with Gasteiger partial charge in [0, 0.05) is 12.7 Å². The lowest BCUT2D eigenvalue weighted by atomic mass is 10.2. The SMILES string of the molecule is Cc1ccc(NS(=O)(=O)c2ccc(C(=O)OC(C)C(=O)Nc3c(C)n(C)n(-c4ccccc4)c3=O)cc2)cc1. The number of benzene rings is 3. The van der Waals surface area contributed by atoms with Gasteiger partial charge in [-0.15, -0.1) is 0 Å². The van der Waals surface area contributed by atoms with E-state index in [9.17, 15) is 22.8 Å². The number of ether oxygens (including phenoxy) is 1. The zero-order chi connectivity index (χ0) is 28.3. The average molecular weight is 549 g/mol. The summed E-state index contributed by atoms with van der Waals surface area (Å²) in [6, 6.07) is 21.0. The van der Waals surface area contributed by atoms with E-state index in [-0.39, 0.29) is 16.1 Å². The van der Waals surface area contributed by atoms with E-state index in [0.717, 1.165) is 5.56 Å². The van der Waals surface area contributed by atoms with Gasteiger partial charge in [0.25, 0.3) is 21.5 Å². The first-order valence-corrected chi connectivity index (χ1v) is 13.5. The van der Waals surface area contributed by atoms with Crippen LogP contribution < -0.4 is 15.6 Å². The minimum Gasteiger partial charge on any atom is -0.449 e. The van der Waals surface area contributed by atoms with Crippen LogP contribution in [0.1, 0.15) is 28.5 Å². The van der Waals surface area contributed by atoms with Gasteiger partial charge in [0.2, 0.25) is 0 Å². The molecule has 0 saturated carbocycles. The highest BCUT2D eigenvalue weighted by Crippen LogP contribution is 2.18. The summed E-state index contributed by atoms with van der Waals surface area (Å²) in [4.78, 5) is 38.4. The molecule has 1 unspecified atom stereocenters. The molecule has 39 heavy (non-hydrogen) atoms. The summed E-state index contributed by atoms with van der Waals surface area (Å²) in [6.45, 7) is 4.97. The van der Waals surface area contributed by atoms with Crippen molar-refractivity contribution in [3.8, 4) is 5.69 Å². The molecule has 3 aromatic carbocycles. The lowest BCUT2D eigenvalue weighted by molar-refractivity contribution is -0.123. The molecular formula is C28H28N4O6S. The molecule has 0 spiro atoms. The predicted molar refractivity (Wildman–Crippen MR) is 148 cm³/mol. The minimum atomic E-state index is -3.87. The van der Waals surface area contributed by atoms with E-state index >= 15 is 0 Å². The standard InChI is InChI=1S/C28H28N4O6S/c1-18-10-14-22(15-11-18)30-39(36,37)24-16-12-21(13-17-24)28(35)38-20(3)26(33)29-25-19(2)31(4)32(27(25)34)23-8-6-5-7-9-23/h5-17,20,30H,1-4H3,(H,29,33). The Morgan fingerprint density at radius 3 is 2.13 bits per heavy atom. The molecule has 4 rings (SSSR count). The number of esters is 1. The number of aromatic nitrogens is 2. The van der Waals surface area contributed by atoms with Gasteiger partial charge < -0.3 is 10.1 Å². The van der Waals surface area contributed by atoms with Crippen LogP contribution in [0.5, 0.6) is 0 Å². The fourth-order valence-corrected chi connectivity index (χ4v) is 4.88. The van der Waals surface area contributed by atoms with Crippen LogP contribution in [-0.4, -0.2) is 35.8 Å². The first kappa shape index (κ1) is 27.4. The van der Waals surface area contributed by atoms with E-state index in [4.69, 9.17) is 4.74 Å². The third-order valence-electron chi connectivity index (χ3n) is 6.16. The number of hydrogen-bond acceptors (Lipinski definition) is 6. The first-order chi connectivity index (χ1) is 18.5. The number of carbonyl (C=O) groups excluding carboxylic acids is 2. The van der Waals surface area contributed by atoms with Crippen LogP contribution in [0, 0.1) is 13.8 Å². The van der Waals surface area contributed by atoms with Crippen LogP contribution in [0.2, 0.25) is 0 Å². The quantitative estimate of drug-likeness (QED) is 0.323. The van der Waals surface area contributed by atoms with Gasteiger partial charge in [-0.2, -0.15) is 0 Å². The molecule has 202 valence electrons. The van der Waals surface area contributed by atoms with Crippen LogP contribution in [0.25, 0.3) is 5.69 Å². The highest BCUT2D eigenvalue weighted by molar-refractivity contribution is 7.92. The lowest BCUT2D eigenvalue weighted by Gasteiger charge is -2.13. The third-order valence-corrected chi connectivity index (χ3v) is 7.56. The molecule has 4 aromatic rings. The topological polar surface area (TPSA) is 128 Å². The van der Waals surface area contributed by atoms with Gasteiger partial charge in [-0.1, -0.05) is 35.9 Å². The molecule has 0 fully saturated rings. The number of carbonyl (C=O) groups is 2. The maximum Gasteiger partial charge on any atom is 0.338 e. The van der Waals surface area contributed by atoms with Crippen LogP contribution in [0.4, 0.5) is 11.4 Å². The Labute approximate surface area is 225 Å². The summed E-state index contributed by atoms with van der Waals surface area (Å²) < 4.78 is 36.1.